The van der Waals surface area contributed by atoms with Gasteiger partial charge in [0.15, 0.2) is 32.1 Å². The molecule has 174 valence electrons. The lowest BCUT2D eigenvalue weighted by Crippen LogP contribution is -2.18. The molecule has 2 aromatic heterocycles. The number of hydrogen-bond acceptors (Lipinski definition) is 8. The Morgan fingerprint density at radius 2 is 1.79 bits per heavy atom. The highest BCUT2D eigenvalue weighted by Gasteiger charge is 2.35. The molecule has 33 heavy (non-hydrogen) atoms. The first-order valence-corrected chi connectivity index (χ1v) is 10.7. The van der Waals surface area contributed by atoms with Crippen LogP contribution in [0.2, 0.25) is 0 Å². The fourth-order valence-electron chi connectivity index (χ4n) is 2.46. The van der Waals surface area contributed by atoms with E-state index in [1.54, 1.807) is 0 Å². The minimum Gasteiger partial charge on any atom is -0.493 e. The minimum absolute atomic E-state index is 0.120. The normalized spacial score (nSPS) is 11.7. The Bertz CT molecular complexity index is 1320. The molecule has 0 aliphatic rings. The molecule has 3 aromatic rings. The number of carbonyl (C=O) groups is 1. The standard InChI is InChI=1S/C19H14F4N4O5S/c1-31-13-8-10(20)6-7-12(13)32-18-11(9-14(26-27-18)19(21,22)23)17(28)25-15-4-3-5-16(24-15)33(2,29)30/h3-9H,1-2H3,(H,24,25,28). The number of pyridine rings is 1. The molecular weight excluding hydrogens is 472 g/mol. The third-order valence-electron chi connectivity index (χ3n) is 3.97. The zero-order valence-corrected chi connectivity index (χ0v) is 17.7. The molecule has 0 radical (unpaired) electrons. The number of hydrogen-bond donors (Lipinski definition) is 1. The number of sulfone groups is 1. The van der Waals surface area contributed by atoms with Crippen LogP contribution in [0, 0.1) is 5.82 Å². The summed E-state index contributed by atoms with van der Waals surface area (Å²) in [4.78, 5) is 16.5. The van der Waals surface area contributed by atoms with Crippen molar-refractivity contribution in [2.45, 2.75) is 11.2 Å². The van der Waals surface area contributed by atoms with Crippen molar-refractivity contribution in [1.82, 2.24) is 15.2 Å². The molecule has 9 nitrogen and oxygen atoms in total. The van der Waals surface area contributed by atoms with Crippen molar-refractivity contribution >= 4 is 21.6 Å². The average Bonchev–Trinajstić information content (AvgIpc) is 2.74. The van der Waals surface area contributed by atoms with Crippen LogP contribution >= 0.6 is 0 Å². The number of anilines is 1. The second-order valence-electron chi connectivity index (χ2n) is 6.43. The molecule has 1 aromatic carbocycles. The molecule has 0 aliphatic heterocycles. The van der Waals surface area contributed by atoms with Crippen LogP contribution in [-0.2, 0) is 16.0 Å². The summed E-state index contributed by atoms with van der Waals surface area (Å²) in [5, 5.41) is 8.19. The van der Waals surface area contributed by atoms with Gasteiger partial charge in [-0.2, -0.15) is 13.2 Å². The molecule has 0 fully saturated rings. The van der Waals surface area contributed by atoms with Crippen molar-refractivity contribution < 1.29 is 40.2 Å². The first-order chi connectivity index (χ1) is 15.4. The Kier molecular flexibility index (Phi) is 6.48. The van der Waals surface area contributed by atoms with Gasteiger partial charge in [-0.3, -0.25) is 4.79 Å². The lowest BCUT2D eigenvalue weighted by molar-refractivity contribution is -0.141. The van der Waals surface area contributed by atoms with Gasteiger partial charge in [-0.1, -0.05) is 6.07 Å². The zero-order chi connectivity index (χ0) is 24.4. The lowest BCUT2D eigenvalue weighted by Gasteiger charge is -2.14. The molecule has 0 saturated carbocycles. The van der Waals surface area contributed by atoms with E-state index in [4.69, 9.17) is 9.47 Å². The van der Waals surface area contributed by atoms with Crippen LogP contribution < -0.4 is 14.8 Å². The minimum atomic E-state index is -4.93. The molecular formula is C19H14F4N4O5S. The molecule has 0 atom stereocenters. The summed E-state index contributed by atoms with van der Waals surface area (Å²) in [5.74, 6) is -3.00. The maximum Gasteiger partial charge on any atom is 0.435 e. The third-order valence-corrected chi connectivity index (χ3v) is 4.96. The number of halogens is 4. The Morgan fingerprint density at radius 3 is 2.42 bits per heavy atom. The van der Waals surface area contributed by atoms with Crippen LogP contribution in [0.5, 0.6) is 17.4 Å². The Balaban J connectivity index is 2.02. The first-order valence-electron chi connectivity index (χ1n) is 8.83. The number of ether oxygens (including phenoxy) is 2. The van der Waals surface area contributed by atoms with E-state index < -0.39 is 44.9 Å². The highest BCUT2D eigenvalue weighted by Crippen LogP contribution is 2.35. The largest absolute Gasteiger partial charge is 0.493 e. The number of nitrogens with zero attached hydrogens (tertiary/aromatic N) is 3. The van der Waals surface area contributed by atoms with E-state index in [0.717, 1.165) is 24.5 Å². The predicted octanol–water partition coefficient (Wildman–Crippen LogP) is 3.49. The number of benzene rings is 1. The number of rotatable bonds is 6. The molecule has 0 aliphatic carbocycles. The molecule has 2 heterocycles. The molecule has 0 unspecified atom stereocenters. The van der Waals surface area contributed by atoms with Gasteiger partial charge in [0.05, 0.1) is 7.11 Å². The van der Waals surface area contributed by atoms with Gasteiger partial charge in [-0.15, -0.1) is 10.2 Å². The van der Waals surface area contributed by atoms with Crippen molar-refractivity contribution in [1.29, 1.82) is 0 Å². The average molecular weight is 486 g/mol. The zero-order valence-electron chi connectivity index (χ0n) is 16.8. The number of amides is 1. The maximum atomic E-state index is 13.4. The van der Waals surface area contributed by atoms with E-state index in [1.165, 1.54) is 25.3 Å². The fourth-order valence-corrected chi connectivity index (χ4v) is 3.05. The first kappa shape index (κ1) is 23.8. The fraction of sp³-hybridized carbons (Fsp3) is 0.158. The summed E-state index contributed by atoms with van der Waals surface area (Å²) in [6.07, 6.45) is -4.03. The molecule has 0 bridgehead atoms. The van der Waals surface area contributed by atoms with E-state index in [1.807, 2.05) is 0 Å². The van der Waals surface area contributed by atoms with E-state index in [0.29, 0.717) is 6.07 Å². The number of aromatic nitrogens is 3. The third kappa shape index (κ3) is 5.71. The Hall–Kier alpha value is -3.81. The van der Waals surface area contributed by atoms with Gasteiger partial charge in [0.25, 0.3) is 11.8 Å². The summed E-state index contributed by atoms with van der Waals surface area (Å²) >= 11 is 0. The van der Waals surface area contributed by atoms with Crippen molar-refractivity contribution in [3.8, 4) is 17.4 Å². The molecule has 1 amide bonds. The quantitative estimate of drug-likeness (QED) is 0.526. The highest BCUT2D eigenvalue weighted by molar-refractivity contribution is 7.90. The summed E-state index contributed by atoms with van der Waals surface area (Å²) in [7, 11) is -2.51. The smallest absolute Gasteiger partial charge is 0.435 e. The van der Waals surface area contributed by atoms with Gasteiger partial charge in [0, 0.05) is 12.3 Å². The number of alkyl halides is 3. The van der Waals surface area contributed by atoms with Crippen molar-refractivity contribution in [3.05, 3.63) is 59.5 Å². The number of carbonyl (C=O) groups excluding carboxylic acids is 1. The van der Waals surface area contributed by atoms with Gasteiger partial charge in [-0.05, 0) is 30.3 Å². The van der Waals surface area contributed by atoms with E-state index in [-0.39, 0.29) is 22.3 Å². The van der Waals surface area contributed by atoms with Gasteiger partial charge < -0.3 is 14.8 Å². The van der Waals surface area contributed by atoms with Gasteiger partial charge >= 0.3 is 6.18 Å². The predicted molar refractivity (Wildman–Crippen MR) is 105 cm³/mol. The molecule has 0 saturated heterocycles. The van der Waals surface area contributed by atoms with Crippen LogP contribution in [0.3, 0.4) is 0 Å². The van der Waals surface area contributed by atoms with Crippen molar-refractivity contribution in [3.63, 3.8) is 0 Å². The molecule has 1 N–H and O–H groups in total. The van der Waals surface area contributed by atoms with Crippen molar-refractivity contribution in [2.75, 3.05) is 18.7 Å². The summed E-state index contributed by atoms with van der Waals surface area (Å²) in [6, 6.07) is 7.15. The van der Waals surface area contributed by atoms with Crippen LogP contribution in [0.1, 0.15) is 16.1 Å². The van der Waals surface area contributed by atoms with E-state index >= 15 is 0 Å². The van der Waals surface area contributed by atoms with Crippen LogP contribution in [0.15, 0.2) is 47.5 Å². The summed E-state index contributed by atoms with van der Waals surface area (Å²) < 4.78 is 86.5. The number of nitrogens with one attached hydrogen (secondary N) is 1. The second-order valence-corrected chi connectivity index (χ2v) is 8.39. The number of methoxy groups -OCH3 is 1. The SMILES string of the molecule is COc1cc(F)ccc1Oc1nnc(C(F)(F)F)cc1C(=O)Nc1cccc(S(C)(=O)=O)n1. The topological polar surface area (TPSA) is 120 Å². The van der Waals surface area contributed by atoms with Crippen LogP contribution in [-0.4, -0.2) is 42.9 Å². The van der Waals surface area contributed by atoms with Crippen LogP contribution in [0.25, 0.3) is 0 Å². The maximum absolute atomic E-state index is 13.4. The monoisotopic (exact) mass is 486 g/mol. The van der Waals surface area contributed by atoms with E-state index in [9.17, 15) is 30.8 Å². The lowest BCUT2D eigenvalue weighted by atomic mass is 10.2. The van der Waals surface area contributed by atoms with Crippen LogP contribution in [0.4, 0.5) is 23.4 Å². The molecule has 14 heteroatoms. The highest BCUT2D eigenvalue weighted by atomic mass is 32.2. The van der Waals surface area contributed by atoms with Crippen molar-refractivity contribution in [2.24, 2.45) is 0 Å². The van der Waals surface area contributed by atoms with Gasteiger partial charge in [0.1, 0.15) is 17.2 Å². The summed E-state index contributed by atoms with van der Waals surface area (Å²) in [5.41, 5.74) is -2.18. The van der Waals surface area contributed by atoms with Gasteiger partial charge in [-0.25, -0.2) is 17.8 Å². The van der Waals surface area contributed by atoms with E-state index in [2.05, 4.69) is 20.5 Å². The van der Waals surface area contributed by atoms with Gasteiger partial charge in [0.2, 0.25) is 0 Å². The molecule has 3 rings (SSSR count). The molecule has 0 spiro atoms. The Labute approximate surface area is 184 Å². The summed E-state index contributed by atoms with van der Waals surface area (Å²) in [6.45, 7) is 0. The second kappa shape index (κ2) is 8.97. The Morgan fingerprint density at radius 1 is 1.06 bits per heavy atom.